The second-order valence-corrected chi connectivity index (χ2v) is 5.22. The Morgan fingerprint density at radius 2 is 2.14 bits per heavy atom. The number of ether oxygens (including phenoxy) is 1. The normalized spacial score (nSPS) is 15.2. The summed E-state index contributed by atoms with van der Waals surface area (Å²) in [6, 6.07) is 5.71. The summed E-state index contributed by atoms with van der Waals surface area (Å²) in [5.74, 6) is -0.834. The van der Waals surface area contributed by atoms with Crippen LogP contribution in [0, 0.1) is 0 Å². The van der Waals surface area contributed by atoms with Crippen LogP contribution in [0.15, 0.2) is 30.6 Å². The fraction of sp³-hybridized carbons (Fsp3) is 0.400. The summed E-state index contributed by atoms with van der Waals surface area (Å²) in [5, 5.41) is 2.87. The second kappa shape index (κ2) is 5.95. The highest BCUT2D eigenvalue weighted by molar-refractivity contribution is 5.90. The fourth-order valence-corrected chi connectivity index (χ4v) is 2.58. The van der Waals surface area contributed by atoms with E-state index in [0.717, 1.165) is 25.7 Å². The first-order valence-electron chi connectivity index (χ1n) is 7.12. The number of carbonyl (C=O) groups excluding carboxylic acids is 2. The van der Waals surface area contributed by atoms with E-state index in [0.29, 0.717) is 5.65 Å². The van der Waals surface area contributed by atoms with Crippen molar-refractivity contribution in [2.24, 2.45) is 0 Å². The average Bonchev–Trinajstić information content (AvgIpc) is 3.13. The monoisotopic (exact) mass is 287 g/mol. The van der Waals surface area contributed by atoms with Crippen molar-refractivity contribution < 1.29 is 14.3 Å². The Morgan fingerprint density at radius 1 is 1.33 bits per heavy atom. The molecule has 21 heavy (non-hydrogen) atoms. The molecule has 0 radical (unpaired) electrons. The average molecular weight is 287 g/mol. The van der Waals surface area contributed by atoms with Crippen molar-refractivity contribution in [3.8, 4) is 0 Å². The first-order valence-corrected chi connectivity index (χ1v) is 7.12. The number of esters is 1. The number of pyridine rings is 1. The van der Waals surface area contributed by atoms with Crippen molar-refractivity contribution in [1.29, 1.82) is 0 Å². The minimum Gasteiger partial charge on any atom is -0.451 e. The van der Waals surface area contributed by atoms with Gasteiger partial charge in [0, 0.05) is 18.4 Å². The Kier molecular flexibility index (Phi) is 3.85. The Morgan fingerprint density at radius 3 is 2.90 bits per heavy atom. The van der Waals surface area contributed by atoms with E-state index in [4.69, 9.17) is 4.74 Å². The molecule has 0 spiro atoms. The molecule has 1 fully saturated rings. The van der Waals surface area contributed by atoms with Crippen molar-refractivity contribution in [1.82, 2.24) is 14.7 Å². The zero-order chi connectivity index (χ0) is 14.7. The molecule has 2 aromatic heterocycles. The van der Waals surface area contributed by atoms with Crippen LogP contribution in [0.1, 0.15) is 36.2 Å². The van der Waals surface area contributed by atoms with E-state index in [-0.39, 0.29) is 24.2 Å². The van der Waals surface area contributed by atoms with E-state index in [1.54, 1.807) is 22.9 Å². The molecule has 1 aliphatic carbocycles. The molecule has 6 heteroatoms. The molecule has 1 aliphatic rings. The molecule has 0 atom stereocenters. The first-order chi connectivity index (χ1) is 10.2. The maximum absolute atomic E-state index is 11.9. The molecule has 0 aromatic carbocycles. The lowest BCUT2D eigenvalue weighted by molar-refractivity contribution is -0.124. The number of aromatic nitrogens is 2. The van der Waals surface area contributed by atoms with Crippen LogP contribution < -0.4 is 5.32 Å². The Bertz CT molecular complexity index is 626. The highest BCUT2D eigenvalue weighted by Gasteiger charge is 2.19. The van der Waals surface area contributed by atoms with E-state index >= 15 is 0 Å². The predicted octanol–water partition coefficient (Wildman–Crippen LogP) is 1.55. The molecule has 0 aliphatic heterocycles. The van der Waals surface area contributed by atoms with Crippen LogP contribution in [0.3, 0.4) is 0 Å². The number of imidazole rings is 1. The summed E-state index contributed by atoms with van der Waals surface area (Å²) in [4.78, 5) is 27.7. The van der Waals surface area contributed by atoms with E-state index in [2.05, 4.69) is 10.3 Å². The molecule has 0 unspecified atom stereocenters. The largest absolute Gasteiger partial charge is 0.451 e. The topological polar surface area (TPSA) is 72.7 Å². The molecule has 110 valence electrons. The van der Waals surface area contributed by atoms with E-state index in [1.165, 1.54) is 0 Å². The lowest BCUT2D eigenvalue weighted by atomic mass is 10.2. The van der Waals surface area contributed by atoms with Gasteiger partial charge in [0.1, 0.15) is 5.65 Å². The van der Waals surface area contributed by atoms with Crippen LogP contribution in [0.4, 0.5) is 0 Å². The van der Waals surface area contributed by atoms with Gasteiger partial charge >= 0.3 is 5.97 Å². The van der Waals surface area contributed by atoms with Crippen molar-refractivity contribution in [2.75, 3.05) is 6.61 Å². The van der Waals surface area contributed by atoms with Gasteiger partial charge in [0.2, 0.25) is 0 Å². The van der Waals surface area contributed by atoms with Crippen LogP contribution >= 0.6 is 0 Å². The van der Waals surface area contributed by atoms with Gasteiger partial charge in [0.25, 0.3) is 5.91 Å². The lowest BCUT2D eigenvalue weighted by Gasteiger charge is -2.11. The molecule has 3 rings (SSSR count). The maximum atomic E-state index is 11.9. The number of carbonyl (C=O) groups is 2. The first kappa shape index (κ1) is 13.6. The van der Waals surface area contributed by atoms with Gasteiger partial charge < -0.3 is 14.5 Å². The summed E-state index contributed by atoms with van der Waals surface area (Å²) in [6.07, 6.45) is 7.69. The maximum Gasteiger partial charge on any atom is 0.359 e. The number of nitrogens with one attached hydrogen (secondary N) is 1. The van der Waals surface area contributed by atoms with Gasteiger partial charge in [0.15, 0.2) is 12.3 Å². The van der Waals surface area contributed by atoms with E-state index in [1.807, 2.05) is 12.1 Å². The van der Waals surface area contributed by atoms with Gasteiger partial charge in [-0.1, -0.05) is 18.9 Å². The lowest BCUT2D eigenvalue weighted by Crippen LogP contribution is -2.35. The smallest absolute Gasteiger partial charge is 0.359 e. The summed E-state index contributed by atoms with van der Waals surface area (Å²) < 4.78 is 6.73. The number of fused-ring (bicyclic) bond motifs is 1. The Hall–Kier alpha value is -2.37. The van der Waals surface area contributed by atoms with E-state index < -0.39 is 5.97 Å². The van der Waals surface area contributed by atoms with Gasteiger partial charge in [-0.05, 0) is 25.0 Å². The van der Waals surface area contributed by atoms with Crippen molar-refractivity contribution in [3.63, 3.8) is 0 Å². The number of rotatable bonds is 4. The molecule has 6 nitrogen and oxygen atoms in total. The van der Waals surface area contributed by atoms with Gasteiger partial charge in [-0.25, -0.2) is 9.78 Å². The predicted molar refractivity (Wildman–Crippen MR) is 75.9 cm³/mol. The molecular formula is C15H17N3O3. The fourth-order valence-electron chi connectivity index (χ4n) is 2.58. The van der Waals surface area contributed by atoms with Crippen LogP contribution in [-0.2, 0) is 9.53 Å². The third kappa shape index (κ3) is 3.21. The minimum atomic E-state index is -0.583. The molecule has 1 N–H and O–H groups in total. The zero-order valence-electron chi connectivity index (χ0n) is 11.6. The van der Waals surface area contributed by atoms with E-state index in [9.17, 15) is 9.59 Å². The summed E-state index contributed by atoms with van der Waals surface area (Å²) in [6.45, 7) is -0.261. The van der Waals surface area contributed by atoms with Crippen LogP contribution in [0.25, 0.3) is 5.65 Å². The van der Waals surface area contributed by atoms with Crippen LogP contribution in [0.2, 0.25) is 0 Å². The Labute approximate surface area is 122 Å². The molecule has 2 heterocycles. The van der Waals surface area contributed by atoms with Crippen molar-refractivity contribution >= 4 is 17.5 Å². The summed E-state index contributed by atoms with van der Waals surface area (Å²) in [7, 11) is 0. The van der Waals surface area contributed by atoms with Crippen molar-refractivity contribution in [3.05, 3.63) is 36.3 Å². The number of nitrogens with zero attached hydrogens (tertiary/aromatic N) is 2. The number of amides is 1. The second-order valence-electron chi connectivity index (χ2n) is 5.22. The number of hydrogen-bond donors (Lipinski definition) is 1. The highest BCUT2D eigenvalue weighted by Crippen LogP contribution is 2.17. The van der Waals surface area contributed by atoms with Crippen molar-refractivity contribution in [2.45, 2.75) is 31.7 Å². The molecule has 0 saturated heterocycles. The zero-order valence-corrected chi connectivity index (χ0v) is 11.6. The molecular weight excluding hydrogens is 270 g/mol. The standard InChI is InChI=1S/C15H17N3O3/c19-14(16-11-5-1-2-6-11)10-21-15(20)12-9-18-8-4-3-7-13(18)17-12/h3-4,7-9,11H,1-2,5-6,10H2,(H,16,19). The quantitative estimate of drug-likeness (QED) is 0.866. The SMILES string of the molecule is O=C(COC(=O)c1cn2ccccc2n1)NC1CCCC1. The van der Waals surface area contributed by atoms with Crippen LogP contribution in [-0.4, -0.2) is 33.9 Å². The van der Waals surface area contributed by atoms with Crippen LogP contribution in [0.5, 0.6) is 0 Å². The molecule has 1 saturated carbocycles. The summed E-state index contributed by atoms with van der Waals surface area (Å²) >= 11 is 0. The number of hydrogen-bond acceptors (Lipinski definition) is 4. The Balaban J connectivity index is 1.54. The molecule has 2 aromatic rings. The molecule has 1 amide bonds. The third-order valence-corrected chi connectivity index (χ3v) is 3.63. The van der Waals surface area contributed by atoms with Gasteiger partial charge in [0.05, 0.1) is 0 Å². The molecule has 0 bridgehead atoms. The summed E-state index contributed by atoms with van der Waals surface area (Å²) in [5.41, 5.74) is 0.870. The van der Waals surface area contributed by atoms with Gasteiger partial charge in [-0.15, -0.1) is 0 Å². The van der Waals surface area contributed by atoms with Gasteiger partial charge in [-0.3, -0.25) is 4.79 Å². The third-order valence-electron chi connectivity index (χ3n) is 3.63. The highest BCUT2D eigenvalue weighted by atomic mass is 16.5. The minimum absolute atomic E-state index is 0.204. The van der Waals surface area contributed by atoms with Gasteiger partial charge in [-0.2, -0.15) is 0 Å².